The number of aryl methyl sites for hydroxylation is 1. The van der Waals surface area contributed by atoms with E-state index in [1.54, 1.807) is 0 Å². The number of hydrogen-bond donors (Lipinski definition) is 1. The topological polar surface area (TPSA) is 30.5 Å². The molecular weight excluding hydrogens is 250 g/mol. The summed E-state index contributed by atoms with van der Waals surface area (Å²) in [5.41, 5.74) is 2.59. The van der Waals surface area contributed by atoms with Gasteiger partial charge in [-0.05, 0) is 50.6 Å². The molecule has 1 N–H and O–H groups in total. The number of para-hydroxylation sites is 1. The number of rotatable bonds is 3. The minimum absolute atomic E-state index is 0.440. The van der Waals surface area contributed by atoms with Crippen molar-refractivity contribution in [1.29, 1.82) is 0 Å². The lowest BCUT2D eigenvalue weighted by molar-refractivity contribution is 0.0653. The van der Waals surface area contributed by atoms with Crippen molar-refractivity contribution in [1.82, 2.24) is 5.32 Å². The van der Waals surface area contributed by atoms with Crippen LogP contribution in [0.2, 0.25) is 0 Å². The van der Waals surface area contributed by atoms with Crippen LogP contribution >= 0.6 is 0 Å². The van der Waals surface area contributed by atoms with Gasteiger partial charge in [0.15, 0.2) is 0 Å². The molecule has 0 aliphatic carbocycles. The average molecular weight is 275 g/mol. The van der Waals surface area contributed by atoms with Crippen LogP contribution in [0.1, 0.15) is 42.9 Å². The molecular formula is C17H25NO2. The van der Waals surface area contributed by atoms with Crippen LogP contribution in [0.4, 0.5) is 0 Å². The van der Waals surface area contributed by atoms with Crippen molar-refractivity contribution in [3.8, 4) is 5.75 Å². The van der Waals surface area contributed by atoms with Crippen molar-refractivity contribution in [2.45, 2.75) is 38.6 Å². The van der Waals surface area contributed by atoms with E-state index >= 15 is 0 Å². The highest BCUT2D eigenvalue weighted by atomic mass is 16.5. The zero-order valence-electron chi connectivity index (χ0n) is 12.4. The molecule has 1 unspecified atom stereocenters. The SMILES string of the molecule is Cc1cccc2c1OCCCC2NCC1CCOCC1. The highest BCUT2D eigenvalue weighted by molar-refractivity contribution is 5.43. The van der Waals surface area contributed by atoms with Gasteiger partial charge in [0.05, 0.1) is 6.61 Å². The van der Waals surface area contributed by atoms with Crippen molar-refractivity contribution < 1.29 is 9.47 Å². The van der Waals surface area contributed by atoms with Crippen molar-refractivity contribution >= 4 is 0 Å². The smallest absolute Gasteiger partial charge is 0.126 e. The van der Waals surface area contributed by atoms with E-state index in [1.807, 2.05) is 0 Å². The molecule has 3 heteroatoms. The van der Waals surface area contributed by atoms with E-state index < -0.39 is 0 Å². The Labute approximate surface area is 121 Å². The lowest BCUT2D eigenvalue weighted by Gasteiger charge is -2.26. The molecule has 110 valence electrons. The molecule has 0 spiro atoms. The van der Waals surface area contributed by atoms with E-state index in [9.17, 15) is 0 Å². The van der Waals surface area contributed by atoms with Crippen LogP contribution in [0.5, 0.6) is 5.75 Å². The summed E-state index contributed by atoms with van der Waals surface area (Å²) in [4.78, 5) is 0. The average Bonchev–Trinajstić information content (AvgIpc) is 2.70. The van der Waals surface area contributed by atoms with E-state index in [0.29, 0.717) is 6.04 Å². The Hall–Kier alpha value is -1.06. The minimum atomic E-state index is 0.440. The fourth-order valence-electron chi connectivity index (χ4n) is 3.24. The Bertz CT molecular complexity index is 441. The van der Waals surface area contributed by atoms with Gasteiger partial charge in [0.2, 0.25) is 0 Å². The quantitative estimate of drug-likeness (QED) is 0.918. The van der Waals surface area contributed by atoms with E-state index in [0.717, 1.165) is 44.5 Å². The van der Waals surface area contributed by atoms with Gasteiger partial charge < -0.3 is 14.8 Å². The van der Waals surface area contributed by atoms with Gasteiger partial charge >= 0.3 is 0 Å². The predicted molar refractivity (Wildman–Crippen MR) is 80.2 cm³/mol. The molecule has 3 rings (SSSR count). The van der Waals surface area contributed by atoms with Crippen LogP contribution in [-0.4, -0.2) is 26.4 Å². The fourth-order valence-corrected chi connectivity index (χ4v) is 3.24. The summed E-state index contributed by atoms with van der Waals surface area (Å²) < 4.78 is 11.4. The highest BCUT2D eigenvalue weighted by Gasteiger charge is 2.22. The molecule has 3 nitrogen and oxygen atoms in total. The maximum Gasteiger partial charge on any atom is 0.126 e. The van der Waals surface area contributed by atoms with Crippen LogP contribution in [0.3, 0.4) is 0 Å². The standard InChI is InChI=1S/C17H25NO2/c1-13-4-2-5-15-16(6-3-9-20-17(13)15)18-12-14-7-10-19-11-8-14/h2,4-5,14,16,18H,3,6-12H2,1H3. The number of hydrogen-bond acceptors (Lipinski definition) is 3. The van der Waals surface area contributed by atoms with E-state index in [1.165, 1.54) is 30.4 Å². The second-order valence-electron chi connectivity index (χ2n) is 6.00. The van der Waals surface area contributed by atoms with Crippen LogP contribution in [0.15, 0.2) is 18.2 Å². The van der Waals surface area contributed by atoms with Gasteiger partial charge in [-0.2, -0.15) is 0 Å². The minimum Gasteiger partial charge on any atom is -0.493 e. The van der Waals surface area contributed by atoms with Gasteiger partial charge in [-0.1, -0.05) is 18.2 Å². The molecule has 0 saturated carbocycles. The van der Waals surface area contributed by atoms with Crippen molar-refractivity contribution in [3.05, 3.63) is 29.3 Å². The van der Waals surface area contributed by atoms with Crippen LogP contribution in [0.25, 0.3) is 0 Å². The zero-order chi connectivity index (χ0) is 13.8. The normalized spacial score (nSPS) is 23.8. The molecule has 2 heterocycles. The summed E-state index contributed by atoms with van der Waals surface area (Å²) in [6.07, 6.45) is 4.67. The van der Waals surface area contributed by atoms with Gasteiger partial charge in [-0.3, -0.25) is 0 Å². The molecule has 2 aliphatic heterocycles. The molecule has 0 radical (unpaired) electrons. The molecule has 1 saturated heterocycles. The largest absolute Gasteiger partial charge is 0.493 e. The molecule has 0 aromatic heterocycles. The maximum atomic E-state index is 5.94. The third-order valence-corrected chi connectivity index (χ3v) is 4.50. The van der Waals surface area contributed by atoms with Crippen LogP contribution < -0.4 is 10.1 Å². The van der Waals surface area contributed by atoms with Crippen LogP contribution in [0, 0.1) is 12.8 Å². The second-order valence-corrected chi connectivity index (χ2v) is 6.00. The number of ether oxygens (including phenoxy) is 2. The fraction of sp³-hybridized carbons (Fsp3) is 0.647. The lowest BCUT2D eigenvalue weighted by atomic mass is 9.96. The third-order valence-electron chi connectivity index (χ3n) is 4.50. The number of benzene rings is 1. The predicted octanol–water partition coefficient (Wildman–Crippen LogP) is 3.22. The number of fused-ring (bicyclic) bond motifs is 1. The molecule has 1 aromatic rings. The Morgan fingerprint density at radius 2 is 2.00 bits per heavy atom. The Morgan fingerprint density at radius 1 is 1.15 bits per heavy atom. The summed E-state index contributed by atoms with van der Waals surface area (Å²) >= 11 is 0. The first-order valence-electron chi connectivity index (χ1n) is 7.88. The zero-order valence-corrected chi connectivity index (χ0v) is 12.4. The first kappa shape index (κ1) is 13.9. The van der Waals surface area contributed by atoms with E-state index in [-0.39, 0.29) is 0 Å². The van der Waals surface area contributed by atoms with Gasteiger partial charge in [0, 0.05) is 24.8 Å². The summed E-state index contributed by atoms with van der Waals surface area (Å²) in [5.74, 6) is 1.87. The summed E-state index contributed by atoms with van der Waals surface area (Å²) in [6.45, 7) is 5.93. The molecule has 0 bridgehead atoms. The Kier molecular flexibility index (Phi) is 4.58. The third kappa shape index (κ3) is 3.15. The Morgan fingerprint density at radius 3 is 2.85 bits per heavy atom. The van der Waals surface area contributed by atoms with E-state index in [2.05, 4.69) is 30.4 Å². The van der Waals surface area contributed by atoms with Crippen molar-refractivity contribution in [2.75, 3.05) is 26.4 Å². The Balaban J connectivity index is 1.68. The van der Waals surface area contributed by atoms with E-state index in [4.69, 9.17) is 9.47 Å². The molecule has 1 fully saturated rings. The monoisotopic (exact) mass is 275 g/mol. The van der Waals surface area contributed by atoms with Crippen molar-refractivity contribution in [3.63, 3.8) is 0 Å². The van der Waals surface area contributed by atoms with Gasteiger partial charge in [-0.25, -0.2) is 0 Å². The molecule has 1 atom stereocenters. The number of nitrogens with one attached hydrogen (secondary N) is 1. The second kappa shape index (κ2) is 6.59. The highest BCUT2D eigenvalue weighted by Crippen LogP contribution is 2.34. The first-order valence-corrected chi connectivity index (χ1v) is 7.88. The van der Waals surface area contributed by atoms with Gasteiger partial charge in [0.1, 0.15) is 5.75 Å². The first-order chi connectivity index (χ1) is 9.84. The van der Waals surface area contributed by atoms with Crippen molar-refractivity contribution in [2.24, 2.45) is 5.92 Å². The van der Waals surface area contributed by atoms with Gasteiger partial charge in [0.25, 0.3) is 0 Å². The van der Waals surface area contributed by atoms with Crippen LogP contribution in [-0.2, 0) is 4.74 Å². The lowest BCUT2D eigenvalue weighted by Crippen LogP contribution is -2.30. The summed E-state index contributed by atoms with van der Waals surface area (Å²) in [6, 6.07) is 6.94. The van der Waals surface area contributed by atoms with Gasteiger partial charge in [-0.15, -0.1) is 0 Å². The molecule has 2 aliphatic rings. The molecule has 0 amide bonds. The summed E-state index contributed by atoms with van der Waals surface area (Å²) in [5, 5.41) is 3.78. The maximum absolute atomic E-state index is 5.94. The molecule has 1 aromatic carbocycles. The summed E-state index contributed by atoms with van der Waals surface area (Å²) in [7, 11) is 0. The molecule has 20 heavy (non-hydrogen) atoms.